The fourth-order valence-electron chi connectivity index (χ4n) is 2.79. The summed E-state index contributed by atoms with van der Waals surface area (Å²) in [4.78, 5) is 4.54. The lowest BCUT2D eigenvalue weighted by Crippen LogP contribution is -2.39. The van der Waals surface area contributed by atoms with Crippen LogP contribution in [-0.2, 0) is 0 Å². The maximum atomic E-state index is 5.98. The van der Waals surface area contributed by atoms with Gasteiger partial charge < -0.3 is 11.1 Å². The second-order valence-electron chi connectivity index (χ2n) is 5.23. The number of nitrogens with two attached hydrogens (primary N) is 1. The number of hydrogen-bond acceptors (Lipinski definition) is 3. The smallest absolute Gasteiger partial charge is 0.189 e. The van der Waals surface area contributed by atoms with E-state index in [4.69, 9.17) is 5.73 Å². The zero-order valence-corrected chi connectivity index (χ0v) is 11.6. The third-order valence-corrected chi connectivity index (χ3v) is 3.82. The Hall–Kier alpha value is -2.29. The second kappa shape index (κ2) is 5.37. The van der Waals surface area contributed by atoms with E-state index in [1.54, 1.807) is 0 Å². The number of nitrogens with one attached hydrogen (secondary N) is 1. The molecule has 0 fully saturated rings. The first-order valence-corrected chi connectivity index (χ1v) is 6.94. The van der Waals surface area contributed by atoms with Crippen LogP contribution in [-0.4, -0.2) is 5.96 Å². The predicted molar refractivity (Wildman–Crippen MR) is 82.5 cm³/mol. The average molecular weight is 265 g/mol. The average Bonchev–Trinajstić information content (AvgIpc) is 2.48. The van der Waals surface area contributed by atoms with Crippen LogP contribution in [0.4, 0.5) is 0 Å². The van der Waals surface area contributed by atoms with E-state index in [1.807, 2.05) is 18.2 Å². The standard InChI is InChI=1S/C17H19N3/c1-12-7-5-6-10-14(12)16-11-15(19-17(18)20-16)13-8-3-2-4-9-13/h2-10,15-16H,11H2,1H3,(H3,18,19,20). The summed E-state index contributed by atoms with van der Waals surface area (Å²) in [6.45, 7) is 2.14. The summed E-state index contributed by atoms with van der Waals surface area (Å²) in [5, 5.41) is 3.30. The lowest BCUT2D eigenvalue weighted by Gasteiger charge is -2.29. The van der Waals surface area contributed by atoms with Gasteiger partial charge in [-0.05, 0) is 30.0 Å². The van der Waals surface area contributed by atoms with E-state index in [-0.39, 0.29) is 12.1 Å². The summed E-state index contributed by atoms with van der Waals surface area (Å²) in [6.07, 6.45) is 0.926. The highest BCUT2D eigenvalue weighted by Gasteiger charge is 2.25. The third-order valence-electron chi connectivity index (χ3n) is 3.82. The van der Waals surface area contributed by atoms with Crippen LogP contribution in [0.5, 0.6) is 0 Å². The van der Waals surface area contributed by atoms with Gasteiger partial charge in [0.15, 0.2) is 5.96 Å². The highest BCUT2D eigenvalue weighted by molar-refractivity contribution is 5.79. The molecule has 102 valence electrons. The van der Waals surface area contributed by atoms with Gasteiger partial charge in [-0.25, -0.2) is 4.99 Å². The molecule has 3 heteroatoms. The van der Waals surface area contributed by atoms with Crippen LogP contribution in [0.2, 0.25) is 0 Å². The molecule has 0 aromatic heterocycles. The molecular weight excluding hydrogens is 246 g/mol. The summed E-state index contributed by atoms with van der Waals surface area (Å²) >= 11 is 0. The first-order valence-electron chi connectivity index (χ1n) is 6.94. The Labute approximate surface area is 119 Å². The molecule has 3 N–H and O–H groups in total. The molecule has 0 spiro atoms. The summed E-state index contributed by atoms with van der Waals surface area (Å²) in [7, 11) is 0. The maximum Gasteiger partial charge on any atom is 0.189 e. The van der Waals surface area contributed by atoms with Gasteiger partial charge in [0.2, 0.25) is 0 Å². The van der Waals surface area contributed by atoms with Crippen LogP contribution >= 0.6 is 0 Å². The van der Waals surface area contributed by atoms with Crippen LogP contribution in [0, 0.1) is 6.92 Å². The van der Waals surface area contributed by atoms with Crippen molar-refractivity contribution in [1.82, 2.24) is 5.32 Å². The van der Waals surface area contributed by atoms with Gasteiger partial charge in [-0.1, -0.05) is 54.6 Å². The molecular formula is C17H19N3. The molecule has 20 heavy (non-hydrogen) atoms. The van der Waals surface area contributed by atoms with Crippen molar-refractivity contribution in [1.29, 1.82) is 0 Å². The van der Waals surface area contributed by atoms with Crippen molar-refractivity contribution in [2.24, 2.45) is 10.7 Å². The molecule has 0 saturated carbocycles. The molecule has 0 radical (unpaired) electrons. The van der Waals surface area contributed by atoms with Crippen LogP contribution in [0.3, 0.4) is 0 Å². The van der Waals surface area contributed by atoms with Crippen molar-refractivity contribution in [2.75, 3.05) is 0 Å². The largest absolute Gasteiger partial charge is 0.370 e. The van der Waals surface area contributed by atoms with Gasteiger partial charge in [0, 0.05) is 0 Å². The van der Waals surface area contributed by atoms with Crippen LogP contribution in [0.15, 0.2) is 59.6 Å². The molecule has 2 aromatic rings. The number of nitrogens with zero attached hydrogens (tertiary/aromatic N) is 1. The molecule has 2 atom stereocenters. The van der Waals surface area contributed by atoms with Crippen molar-refractivity contribution in [3.05, 3.63) is 71.3 Å². The molecule has 1 heterocycles. The molecule has 2 aromatic carbocycles. The van der Waals surface area contributed by atoms with Gasteiger partial charge in [0.1, 0.15) is 0 Å². The molecule has 1 aliphatic rings. The normalized spacial score (nSPS) is 21.9. The summed E-state index contributed by atoms with van der Waals surface area (Å²) in [5.74, 6) is 0.526. The zero-order valence-electron chi connectivity index (χ0n) is 11.6. The van der Waals surface area contributed by atoms with E-state index in [1.165, 1.54) is 16.7 Å². The van der Waals surface area contributed by atoms with Gasteiger partial charge in [-0.3, -0.25) is 0 Å². The zero-order chi connectivity index (χ0) is 13.9. The highest BCUT2D eigenvalue weighted by atomic mass is 15.1. The van der Waals surface area contributed by atoms with E-state index in [0.717, 1.165) is 6.42 Å². The molecule has 3 nitrogen and oxygen atoms in total. The highest BCUT2D eigenvalue weighted by Crippen LogP contribution is 2.33. The number of benzene rings is 2. The molecule has 0 aliphatic carbocycles. The Morgan fingerprint density at radius 3 is 2.50 bits per heavy atom. The van der Waals surface area contributed by atoms with E-state index in [2.05, 4.69) is 53.6 Å². The quantitative estimate of drug-likeness (QED) is 0.876. The van der Waals surface area contributed by atoms with Gasteiger partial charge in [-0.2, -0.15) is 0 Å². The molecule has 0 amide bonds. The number of hydrogen-bond donors (Lipinski definition) is 2. The minimum atomic E-state index is 0.127. The van der Waals surface area contributed by atoms with Crippen LogP contribution < -0.4 is 11.1 Å². The van der Waals surface area contributed by atoms with Crippen molar-refractivity contribution >= 4 is 5.96 Å². The lowest BCUT2D eigenvalue weighted by molar-refractivity contribution is 0.486. The SMILES string of the molecule is Cc1ccccc1C1CC(c2ccccc2)N=C(N)N1. The van der Waals surface area contributed by atoms with E-state index in [9.17, 15) is 0 Å². The maximum absolute atomic E-state index is 5.98. The summed E-state index contributed by atoms with van der Waals surface area (Å²) in [5.41, 5.74) is 9.78. The Balaban J connectivity index is 1.90. The van der Waals surface area contributed by atoms with Crippen LogP contribution in [0.1, 0.15) is 35.2 Å². The summed E-state index contributed by atoms with van der Waals surface area (Å²) in [6, 6.07) is 19.1. The molecule has 0 saturated heterocycles. The van der Waals surface area contributed by atoms with Gasteiger partial charge >= 0.3 is 0 Å². The topological polar surface area (TPSA) is 50.4 Å². The third kappa shape index (κ3) is 2.52. The van der Waals surface area contributed by atoms with Crippen molar-refractivity contribution in [3.8, 4) is 0 Å². The number of guanidine groups is 1. The summed E-state index contributed by atoms with van der Waals surface area (Å²) < 4.78 is 0. The number of rotatable bonds is 2. The molecule has 1 aliphatic heterocycles. The first-order chi connectivity index (χ1) is 9.74. The van der Waals surface area contributed by atoms with Gasteiger partial charge in [0.25, 0.3) is 0 Å². The van der Waals surface area contributed by atoms with Gasteiger partial charge in [-0.15, -0.1) is 0 Å². The van der Waals surface area contributed by atoms with Crippen LogP contribution in [0.25, 0.3) is 0 Å². The second-order valence-corrected chi connectivity index (χ2v) is 5.23. The Bertz CT molecular complexity index is 619. The minimum Gasteiger partial charge on any atom is -0.370 e. The van der Waals surface area contributed by atoms with Crippen molar-refractivity contribution in [3.63, 3.8) is 0 Å². The number of aryl methyl sites for hydroxylation is 1. The molecule has 3 rings (SSSR count). The minimum absolute atomic E-state index is 0.127. The van der Waals surface area contributed by atoms with E-state index in [0.29, 0.717) is 5.96 Å². The fourth-order valence-corrected chi connectivity index (χ4v) is 2.79. The predicted octanol–water partition coefficient (Wildman–Crippen LogP) is 3.09. The molecule has 2 unspecified atom stereocenters. The Morgan fingerprint density at radius 2 is 1.75 bits per heavy atom. The Morgan fingerprint density at radius 1 is 1.05 bits per heavy atom. The lowest BCUT2D eigenvalue weighted by atomic mass is 9.92. The monoisotopic (exact) mass is 265 g/mol. The van der Waals surface area contributed by atoms with E-state index < -0.39 is 0 Å². The van der Waals surface area contributed by atoms with Crippen molar-refractivity contribution in [2.45, 2.75) is 25.4 Å². The van der Waals surface area contributed by atoms with Gasteiger partial charge in [0.05, 0.1) is 12.1 Å². The number of aliphatic imine (C=N–C) groups is 1. The Kier molecular flexibility index (Phi) is 3.42. The van der Waals surface area contributed by atoms with E-state index >= 15 is 0 Å². The van der Waals surface area contributed by atoms with Crippen molar-refractivity contribution < 1.29 is 0 Å². The fraction of sp³-hybridized carbons (Fsp3) is 0.235. The molecule has 0 bridgehead atoms. The first kappa shape index (κ1) is 12.7.